The number of anilines is 1. The van der Waals surface area contributed by atoms with Crippen LogP contribution in [0, 0.1) is 0 Å². The molecule has 2 fully saturated rings. The molecule has 0 radical (unpaired) electrons. The van der Waals surface area contributed by atoms with Gasteiger partial charge in [-0.3, -0.25) is 4.79 Å². The van der Waals surface area contributed by atoms with Gasteiger partial charge in [-0.05, 0) is 30.9 Å². The Bertz CT molecular complexity index is 521. The van der Waals surface area contributed by atoms with Gasteiger partial charge in [0.15, 0.2) is 0 Å². The van der Waals surface area contributed by atoms with Crippen LogP contribution in [-0.4, -0.2) is 37.0 Å². The Labute approximate surface area is 107 Å². The highest BCUT2D eigenvalue weighted by Crippen LogP contribution is 2.57. The Balaban J connectivity index is 1.74. The standard InChI is InChI=1S/C15H18N2O/c1-16-9-6-13(14(16)18)17-10-15(7-8-15)11-4-2-3-5-12(11)17/h2-5,13H,6-10H2,1H3/t13-/m0/s1. The topological polar surface area (TPSA) is 23.6 Å². The Hall–Kier alpha value is -1.51. The number of amides is 1. The molecule has 94 valence electrons. The Morgan fingerprint density at radius 2 is 2.06 bits per heavy atom. The third-order valence-electron chi connectivity index (χ3n) is 4.89. The van der Waals surface area contributed by atoms with Gasteiger partial charge < -0.3 is 9.80 Å². The summed E-state index contributed by atoms with van der Waals surface area (Å²) in [5.41, 5.74) is 3.17. The first-order valence-corrected chi connectivity index (χ1v) is 6.82. The van der Waals surface area contributed by atoms with E-state index < -0.39 is 0 Å². The zero-order valence-corrected chi connectivity index (χ0v) is 10.7. The van der Waals surface area contributed by atoms with Gasteiger partial charge >= 0.3 is 0 Å². The van der Waals surface area contributed by atoms with Gasteiger partial charge in [0.1, 0.15) is 6.04 Å². The minimum absolute atomic E-state index is 0.0797. The quantitative estimate of drug-likeness (QED) is 0.749. The predicted octanol–water partition coefficient (Wildman–Crippen LogP) is 1.77. The zero-order chi connectivity index (χ0) is 12.3. The second kappa shape index (κ2) is 3.28. The van der Waals surface area contributed by atoms with E-state index in [9.17, 15) is 4.79 Å². The second-order valence-corrected chi connectivity index (χ2v) is 5.99. The van der Waals surface area contributed by atoms with Gasteiger partial charge in [-0.25, -0.2) is 0 Å². The largest absolute Gasteiger partial charge is 0.358 e. The van der Waals surface area contributed by atoms with Crippen LogP contribution in [0.5, 0.6) is 0 Å². The van der Waals surface area contributed by atoms with Gasteiger partial charge in [0, 0.05) is 31.2 Å². The van der Waals surface area contributed by atoms with Crippen molar-refractivity contribution < 1.29 is 4.79 Å². The molecule has 1 atom stereocenters. The molecule has 3 aliphatic rings. The number of fused-ring (bicyclic) bond motifs is 2. The van der Waals surface area contributed by atoms with Crippen molar-refractivity contribution in [1.29, 1.82) is 0 Å². The number of hydrogen-bond donors (Lipinski definition) is 0. The number of carbonyl (C=O) groups excluding carboxylic acids is 1. The third kappa shape index (κ3) is 1.22. The van der Waals surface area contributed by atoms with Crippen LogP contribution in [0.15, 0.2) is 24.3 Å². The van der Waals surface area contributed by atoms with Gasteiger partial charge in [0.05, 0.1) is 0 Å². The molecule has 18 heavy (non-hydrogen) atoms. The highest BCUT2D eigenvalue weighted by atomic mass is 16.2. The van der Waals surface area contributed by atoms with E-state index in [4.69, 9.17) is 0 Å². The van der Waals surface area contributed by atoms with E-state index in [0.29, 0.717) is 11.3 Å². The van der Waals surface area contributed by atoms with E-state index in [2.05, 4.69) is 29.2 Å². The average Bonchev–Trinajstić information content (AvgIpc) is 3.00. The van der Waals surface area contributed by atoms with E-state index in [1.807, 2.05) is 11.9 Å². The molecule has 3 nitrogen and oxygen atoms in total. The first-order chi connectivity index (χ1) is 8.71. The maximum absolute atomic E-state index is 12.2. The molecule has 2 aliphatic heterocycles. The Morgan fingerprint density at radius 3 is 2.72 bits per heavy atom. The monoisotopic (exact) mass is 242 g/mol. The van der Waals surface area contributed by atoms with Crippen LogP contribution in [0.2, 0.25) is 0 Å². The fraction of sp³-hybridized carbons (Fsp3) is 0.533. The van der Waals surface area contributed by atoms with E-state index in [1.54, 1.807) is 0 Å². The molecule has 1 amide bonds. The molecular weight excluding hydrogens is 224 g/mol. The smallest absolute Gasteiger partial charge is 0.245 e. The molecule has 1 saturated heterocycles. The summed E-state index contributed by atoms with van der Waals surface area (Å²) in [5.74, 6) is 0.294. The number of para-hydroxylation sites is 1. The van der Waals surface area contributed by atoms with Gasteiger partial charge in [-0.2, -0.15) is 0 Å². The van der Waals surface area contributed by atoms with E-state index in [0.717, 1.165) is 19.5 Å². The van der Waals surface area contributed by atoms with Gasteiger partial charge in [-0.1, -0.05) is 18.2 Å². The molecule has 0 unspecified atom stereocenters. The molecule has 0 aromatic heterocycles. The van der Waals surface area contributed by atoms with Crippen LogP contribution < -0.4 is 4.90 Å². The highest BCUT2D eigenvalue weighted by Gasteiger charge is 2.54. The van der Waals surface area contributed by atoms with Crippen LogP contribution in [-0.2, 0) is 10.2 Å². The summed E-state index contributed by atoms with van der Waals surface area (Å²) < 4.78 is 0. The fourth-order valence-electron chi connectivity index (χ4n) is 3.62. The molecule has 1 aliphatic carbocycles. The number of benzene rings is 1. The summed E-state index contributed by atoms with van der Waals surface area (Å²) in [6.45, 7) is 1.95. The average molecular weight is 242 g/mol. The van der Waals surface area contributed by atoms with Crippen LogP contribution in [0.4, 0.5) is 5.69 Å². The van der Waals surface area contributed by atoms with Crippen molar-refractivity contribution in [3.05, 3.63) is 29.8 Å². The summed E-state index contributed by atoms with van der Waals surface area (Å²) in [6, 6.07) is 8.75. The van der Waals surface area contributed by atoms with E-state index in [-0.39, 0.29) is 6.04 Å². The summed E-state index contributed by atoms with van der Waals surface area (Å²) in [4.78, 5) is 16.5. The maximum atomic E-state index is 12.2. The molecule has 4 rings (SSSR count). The first kappa shape index (κ1) is 10.4. The molecule has 0 N–H and O–H groups in total. The van der Waals surface area contributed by atoms with Crippen molar-refractivity contribution in [2.45, 2.75) is 30.7 Å². The number of carbonyl (C=O) groups is 1. The van der Waals surface area contributed by atoms with Crippen LogP contribution in [0.1, 0.15) is 24.8 Å². The van der Waals surface area contributed by atoms with Crippen LogP contribution in [0.3, 0.4) is 0 Å². The maximum Gasteiger partial charge on any atom is 0.245 e. The van der Waals surface area contributed by atoms with E-state index in [1.165, 1.54) is 24.1 Å². The Morgan fingerprint density at radius 1 is 1.28 bits per heavy atom. The van der Waals surface area contributed by atoms with Crippen molar-refractivity contribution in [1.82, 2.24) is 4.90 Å². The Kier molecular flexibility index (Phi) is 1.90. The first-order valence-electron chi connectivity index (χ1n) is 6.82. The molecule has 1 aromatic rings. The van der Waals surface area contributed by atoms with Crippen molar-refractivity contribution >= 4 is 11.6 Å². The number of hydrogen-bond acceptors (Lipinski definition) is 2. The molecule has 1 saturated carbocycles. The molecule has 3 heteroatoms. The minimum atomic E-state index is 0.0797. The van der Waals surface area contributed by atoms with Crippen LogP contribution in [0.25, 0.3) is 0 Å². The molecular formula is C15H18N2O. The number of rotatable bonds is 1. The van der Waals surface area contributed by atoms with E-state index >= 15 is 0 Å². The number of nitrogens with zero attached hydrogens (tertiary/aromatic N) is 2. The number of likely N-dealkylation sites (tertiary alicyclic amines) is 1. The minimum Gasteiger partial charge on any atom is -0.358 e. The summed E-state index contributed by atoms with van der Waals surface area (Å²) in [6.07, 6.45) is 3.55. The van der Waals surface area contributed by atoms with Gasteiger partial charge in [0.25, 0.3) is 0 Å². The lowest BCUT2D eigenvalue weighted by Gasteiger charge is -2.26. The van der Waals surface area contributed by atoms with Crippen molar-refractivity contribution in [3.8, 4) is 0 Å². The second-order valence-electron chi connectivity index (χ2n) is 5.99. The molecule has 1 aromatic carbocycles. The normalized spacial score (nSPS) is 28.1. The lowest BCUT2D eigenvalue weighted by atomic mass is 9.99. The summed E-state index contributed by atoms with van der Waals surface area (Å²) >= 11 is 0. The van der Waals surface area contributed by atoms with Crippen molar-refractivity contribution in [2.24, 2.45) is 0 Å². The highest BCUT2D eigenvalue weighted by molar-refractivity contribution is 5.88. The lowest BCUT2D eigenvalue weighted by Crippen LogP contribution is -2.41. The number of likely N-dealkylation sites (N-methyl/N-ethyl adjacent to an activating group) is 1. The third-order valence-corrected chi connectivity index (χ3v) is 4.89. The lowest BCUT2D eigenvalue weighted by molar-refractivity contribution is -0.127. The fourth-order valence-corrected chi connectivity index (χ4v) is 3.62. The van der Waals surface area contributed by atoms with Crippen LogP contribution >= 0.6 is 0 Å². The van der Waals surface area contributed by atoms with Crippen molar-refractivity contribution in [3.63, 3.8) is 0 Å². The zero-order valence-electron chi connectivity index (χ0n) is 10.7. The molecule has 0 bridgehead atoms. The predicted molar refractivity (Wildman–Crippen MR) is 70.7 cm³/mol. The van der Waals surface area contributed by atoms with Crippen molar-refractivity contribution in [2.75, 3.05) is 25.0 Å². The summed E-state index contributed by atoms with van der Waals surface area (Å²) in [5, 5.41) is 0. The van der Waals surface area contributed by atoms with Gasteiger partial charge in [-0.15, -0.1) is 0 Å². The van der Waals surface area contributed by atoms with Gasteiger partial charge in [0.2, 0.25) is 5.91 Å². The molecule has 1 spiro atoms. The SMILES string of the molecule is CN1CC[C@H](N2CC3(CC3)c3ccccc32)C1=O. The summed E-state index contributed by atoms with van der Waals surface area (Å²) in [7, 11) is 1.91. The molecule has 2 heterocycles.